The van der Waals surface area contributed by atoms with Gasteiger partial charge in [-0.3, -0.25) is 0 Å². The Hall–Kier alpha value is 0.290. The highest BCUT2D eigenvalue weighted by atomic mass is 35.5. The summed E-state index contributed by atoms with van der Waals surface area (Å²) in [4.78, 5) is 0. The lowest BCUT2D eigenvalue weighted by Gasteiger charge is -2.29. The summed E-state index contributed by atoms with van der Waals surface area (Å²) in [5.41, 5.74) is 0.449. The van der Waals surface area contributed by atoms with Crippen molar-refractivity contribution in [1.82, 2.24) is 0 Å². The molecule has 0 N–H and O–H groups in total. The van der Waals surface area contributed by atoms with Crippen molar-refractivity contribution in [1.29, 1.82) is 0 Å². The van der Waals surface area contributed by atoms with Gasteiger partial charge in [-0.25, -0.2) is 0 Å². The molecule has 0 rings (SSSR count). The summed E-state index contributed by atoms with van der Waals surface area (Å²) in [5.74, 6) is 0.838. The second-order valence-electron chi connectivity index (χ2n) is 3.49. The first-order chi connectivity index (χ1) is 5.24. The first kappa shape index (κ1) is 11.3. The van der Waals surface area contributed by atoms with Crippen LogP contribution in [0.5, 0.6) is 0 Å². The van der Waals surface area contributed by atoms with Crippen LogP contribution in [0, 0.1) is 5.41 Å². The molecule has 0 aliphatic rings. The van der Waals surface area contributed by atoms with Gasteiger partial charge in [0.05, 0.1) is 0 Å². The molecule has 0 aromatic carbocycles. The van der Waals surface area contributed by atoms with Crippen molar-refractivity contribution in [2.45, 2.75) is 52.9 Å². The van der Waals surface area contributed by atoms with Crippen LogP contribution in [-0.2, 0) is 0 Å². The molecule has 68 valence electrons. The van der Waals surface area contributed by atoms with Crippen LogP contribution >= 0.6 is 11.6 Å². The topological polar surface area (TPSA) is 0 Å². The monoisotopic (exact) mass is 176 g/mol. The molecule has 0 atom stereocenters. The maximum absolute atomic E-state index is 5.98. The fourth-order valence-electron chi connectivity index (χ4n) is 1.77. The predicted molar refractivity (Wildman–Crippen MR) is 53.3 cm³/mol. The average molecular weight is 177 g/mol. The quantitative estimate of drug-likeness (QED) is 0.532. The van der Waals surface area contributed by atoms with Gasteiger partial charge in [0.2, 0.25) is 0 Å². The minimum absolute atomic E-state index is 0.449. The Morgan fingerprint density at radius 3 is 1.64 bits per heavy atom. The normalized spacial score (nSPS) is 12.0. The lowest BCUT2D eigenvalue weighted by molar-refractivity contribution is 0.261. The molecule has 0 amide bonds. The molecule has 0 radical (unpaired) electrons. The summed E-state index contributed by atoms with van der Waals surface area (Å²) in [7, 11) is 0. The van der Waals surface area contributed by atoms with Crippen molar-refractivity contribution in [2.24, 2.45) is 5.41 Å². The van der Waals surface area contributed by atoms with Gasteiger partial charge in [-0.05, 0) is 24.7 Å². The van der Waals surface area contributed by atoms with Crippen LogP contribution in [0.1, 0.15) is 52.9 Å². The van der Waals surface area contributed by atoms with Crippen LogP contribution in [0.3, 0.4) is 0 Å². The minimum atomic E-state index is 0.449. The van der Waals surface area contributed by atoms with Gasteiger partial charge in [0, 0.05) is 5.88 Å². The van der Waals surface area contributed by atoms with E-state index < -0.39 is 0 Å². The number of alkyl halides is 1. The molecule has 0 bridgehead atoms. The lowest BCUT2D eigenvalue weighted by atomic mass is 9.79. The number of rotatable bonds is 6. The molecule has 0 aliphatic carbocycles. The summed E-state index contributed by atoms with van der Waals surface area (Å²) >= 11 is 5.98. The van der Waals surface area contributed by atoms with Crippen LogP contribution in [0.15, 0.2) is 0 Å². The maximum Gasteiger partial charge on any atom is 0.0279 e. The predicted octanol–water partition coefficient (Wildman–Crippen LogP) is 4.22. The van der Waals surface area contributed by atoms with Crippen molar-refractivity contribution in [2.75, 3.05) is 5.88 Å². The van der Waals surface area contributed by atoms with Crippen LogP contribution in [0.4, 0.5) is 0 Å². The fourth-order valence-corrected chi connectivity index (χ4v) is 2.22. The minimum Gasteiger partial charge on any atom is -0.126 e. The van der Waals surface area contributed by atoms with E-state index in [1.54, 1.807) is 0 Å². The van der Waals surface area contributed by atoms with Gasteiger partial charge in [-0.2, -0.15) is 0 Å². The van der Waals surface area contributed by atoms with E-state index in [2.05, 4.69) is 20.8 Å². The third-order valence-electron chi connectivity index (χ3n) is 2.59. The van der Waals surface area contributed by atoms with Crippen molar-refractivity contribution < 1.29 is 0 Å². The highest BCUT2D eigenvalue weighted by molar-refractivity contribution is 6.18. The summed E-state index contributed by atoms with van der Waals surface area (Å²) in [5, 5.41) is 0. The van der Waals surface area contributed by atoms with Gasteiger partial charge in [0.25, 0.3) is 0 Å². The zero-order valence-corrected chi connectivity index (χ0v) is 8.88. The number of hydrogen-bond acceptors (Lipinski definition) is 0. The first-order valence-corrected chi connectivity index (χ1v) is 5.34. The highest BCUT2D eigenvalue weighted by Gasteiger charge is 2.24. The maximum atomic E-state index is 5.98. The Labute approximate surface area is 76.3 Å². The van der Waals surface area contributed by atoms with E-state index in [-0.39, 0.29) is 0 Å². The van der Waals surface area contributed by atoms with Crippen molar-refractivity contribution in [3.63, 3.8) is 0 Å². The summed E-state index contributed by atoms with van der Waals surface area (Å²) in [6, 6.07) is 0. The largest absolute Gasteiger partial charge is 0.126 e. The van der Waals surface area contributed by atoms with Gasteiger partial charge < -0.3 is 0 Å². The van der Waals surface area contributed by atoms with E-state index in [1.165, 1.54) is 32.1 Å². The molecule has 0 fully saturated rings. The van der Waals surface area contributed by atoms with E-state index >= 15 is 0 Å². The molecule has 0 nitrogen and oxygen atoms in total. The molecule has 0 aromatic rings. The number of halogens is 1. The van der Waals surface area contributed by atoms with Crippen molar-refractivity contribution >= 4 is 11.6 Å². The van der Waals surface area contributed by atoms with E-state index in [0.717, 1.165) is 5.88 Å². The van der Waals surface area contributed by atoms with Crippen LogP contribution in [0.25, 0.3) is 0 Å². The molecule has 0 aromatic heterocycles. The Bertz CT molecular complexity index is 76.9. The van der Waals surface area contributed by atoms with Crippen molar-refractivity contribution in [3.8, 4) is 0 Å². The lowest BCUT2D eigenvalue weighted by Crippen LogP contribution is -2.21. The standard InChI is InChI=1S/C10H21Cl/c1-4-7-10(6-3,9-11)8-5-2/h4-9H2,1-3H3. The van der Waals surface area contributed by atoms with Crippen LogP contribution < -0.4 is 0 Å². The highest BCUT2D eigenvalue weighted by Crippen LogP contribution is 2.34. The van der Waals surface area contributed by atoms with Crippen LogP contribution in [0.2, 0.25) is 0 Å². The van der Waals surface area contributed by atoms with E-state index in [9.17, 15) is 0 Å². The van der Waals surface area contributed by atoms with Crippen LogP contribution in [-0.4, -0.2) is 5.88 Å². The molecule has 0 heterocycles. The molecule has 0 spiro atoms. The molecule has 1 heteroatoms. The number of hydrogen-bond donors (Lipinski definition) is 0. The van der Waals surface area contributed by atoms with E-state index in [0.29, 0.717) is 5.41 Å². The van der Waals surface area contributed by atoms with Gasteiger partial charge in [-0.15, -0.1) is 11.6 Å². The van der Waals surface area contributed by atoms with Gasteiger partial charge in [0.15, 0.2) is 0 Å². The van der Waals surface area contributed by atoms with E-state index in [4.69, 9.17) is 11.6 Å². The summed E-state index contributed by atoms with van der Waals surface area (Å²) < 4.78 is 0. The molecule has 0 unspecified atom stereocenters. The Morgan fingerprint density at radius 1 is 1.00 bits per heavy atom. The van der Waals surface area contributed by atoms with Crippen molar-refractivity contribution in [3.05, 3.63) is 0 Å². The zero-order valence-electron chi connectivity index (χ0n) is 8.12. The first-order valence-electron chi connectivity index (χ1n) is 4.80. The molecule has 0 saturated heterocycles. The Balaban J connectivity index is 3.96. The fraction of sp³-hybridized carbons (Fsp3) is 1.00. The zero-order chi connectivity index (χ0) is 8.74. The van der Waals surface area contributed by atoms with Gasteiger partial charge in [0.1, 0.15) is 0 Å². The second kappa shape index (κ2) is 5.88. The summed E-state index contributed by atoms with van der Waals surface area (Å²) in [6.07, 6.45) is 6.35. The third-order valence-corrected chi connectivity index (χ3v) is 3.16. The third kappa shape index (κ3) is 3.46. The molecular formula is C10H21Cl. The molecule has 11 heavy (non-hydrogen) atoms. The second-order valence-corrected chi connectivity index (χ2v) is 3.75. The Kier molecular flexibility index (Phi) is 6.03. The smallest absolute Gasteiger partial charge is 0.0279 e. The van der Waals surface area contributed by atoms with E-state index in [1.807, 2.05) is 0 Å². The molecular weight excluding hydrogens is 156 g/mol. The molecule has 0 saturated carbocycles. The molecule has 0 aliphatic heterocycles. The van der Waals surface area contributed by atoms with Gasteiger partial charge >= 0.3 is 0 Å². The Morgan fingerprint density at radius 2 is 1.45 bits per heavy atom. The SMILES string of the molecule is CCCC(CC)(CCl)CCC. The van der Waals surface area contributed by atoms with Gasteiger partial charge in [-0.1, -0.05) is 33.6 Å². The average Bonchev–Trinajstić information content (AvgIpc) is 2.04. The summed E-state index contributed by atoms with van der Waals surface area (Å²) in [6.45, 7) is 6.74.